The van der Waals surface area contributed by atoms with Crippen molar-refractivity contribution in [3.8, 4) is 16.9 Å². The van der Waals surface area contributed by atoms with E-state index in [1.807, 2.05) is 24.3 Å². The Labute approximate surface area is 100.0 Å². The number of aromatic hydroxyl groups is 1. The summed E-state index contributed by atoms with van der Waals surface area (Å²) in [6.07, 6.45) is 0. The number of rotatable bonds is 1. The van der Waals surface area contributed by atoms with Crippen molar-refractivity contribution in [2.45, 2.75) is 0 Å². The molecule has 0 saturated heterocycles. The fourth-order valence-electron chi connectivity index (χ4n) is 2.05. The number of hydrogen-bond acceptors (Lipinski definition) is 1. The molecule has 0 aliphatic carbocycles. The van der Waals surface area contributed by atoms with Crippen LogP contribution in [0.15, 0.2) is 66.7 Å². The lowest BCUT2D eigenvalue weighted by molar-refractivity contribution is 0.475. The summed E-state index contributed by atoms with van der Waals surface area (Å²) in [5.74, 6) is 0.302. The predicted octanol–water partition coefficient (Wildman–Crippen LogP) is 4.21. The van der Waals surface area contributed by atoms with Crippen molar-refractivity contribution < 1.29 is 5.11 Å². The van der Waals surface area contributed by atoms with E-state index in [1.54, 1.807) is 12.1 Å². The molecule has 3 aromatic carbocycles. The molecule has 0 unspecified atom stereocenters. The Morgan fingerprint density at radius 2 is 1.35 bits per heavy atom. The van der Waals surface area contributed by atoms with Crippen molar-refractivity contribution in [2.75, 3.05) is 0 Å². The summed E-state index contributed by atoms with van der Waals surface area (Å²) >= 11 is 0. The van der Waals surface area contributed by atoms with E-state index in [1.165, 1.54) is 10.8 Å². The fraction of sp³-hybridized carbons (Fsp3) is 0. The Morgan fingerprint density at radius 1 is 0.588 bits per heavy atom. The first-order valence-corrected chi connectivity index (χ1v) is 5.61. The zero-order valence-electron chi connectivity index (χ0n) is 9.30. The lowest BCUT2D eigenvalue weighted by Gasteiger charge is -2.04. The first-order chi connectivity index (χ1) is 8.33. The smallest absolute Gasteiger partial charge is 0.116 e. The van der Waals surface area contributed by atoms with Gasteiger partial charge in [0, 0.05) is 0 Å². The predicted molar refractivity (Wildman–Crippen MR) is 71.0 cm³/mol. The number of fused-ring (bicyclic) bond motifs is 1. The van der Waals surface area contributed by atoms with Crippen molar-refractivity contribution in [3.05, 3.63) is 66.7 Å². The lowest BCUT2D eigenvalue weighted by Crippen LogP contribution is -1.78. The Balaban J connectivity index is 2.18. The standard InChI is InChI=1S/C16H12O/c17-16-7-3-6-14(11-16)15-9-8-12-4-1-2-5-13(12)10-15/h1-11,17H. The fourth-order valence-corrected chi connectivity index (χ4v) is 2.05. The third-order valence-electron chi connectivity index (χ3n) is 2.93. The normalized spacial score (nSPS) is 10.6. The molecule has 0 fully saturated rings. The minimum absolute atomic E-state index is 0.302. The van der Waals surface area contributed by atoms with Gasteiger partial charge in [-0.15, -0.1) is 0 Å². The zero-order chi connectivity index (χ0) is 11.7. The second kappa shape index (κ2) is 3.95. The van der Waals surface area contributed by atoms with Gasteiger partial charge in [-0.3, -0.25) is 0 Å². The maximum Gasteiger partial charge on any atom is 0.116 e. The lowest BCUT2D eigenvalue weighted by atomic mass is 10.0. The summed E-state index contributed by atoms with van der Waals surface area (Å²) in [6.45, 7) is 0. The quantitative estimate of drug-likeness (QED) is 0.651. The monoisotopic (exact) mass is 220 g/mol. The van der Waals surface area contributed by atoms with Gasteiger partial charge >= 0.3 is 0 Å². The number of phenols is 1. The van der Waals surface area contributed by atoms with Gasteiger partial charge in [0.2, 0.25) is 0 Å². The van der Waals surface area contributed by atoms with E-state index in [9.17, 15) is 5.11 Å². The molecule has 0 aliphatic heterocycles. The van der Waals surface area contributed by atoms with Crippen molar-refractivity contribution in [1.29, 1.82) is 0 Å². The molecule has 0 radical (unpaired) electrons. The molecule has 0 bridgehead atoms. The van der Waals surface area contributed by atoms with E-state index in [2.05, 4.69) is 30.3 Å². The van der Waals surface area contributed by atoms with Crippen LogP contribution in [-0.4, -0.2) is 5.11 Å². The molecule has 17 heavy (non-hydrogen) atoms. The highest BCUT2D eigenvalue weighted by atomic mass is 16.3. The van der Waals surface area contributed by atoms with Gasteiger partial charge < -0.3 is 5.11 Å². The summed E-state index contributed by atoms with van der Waals surface area (Å²) < 4.78 is 0. The van der Waals surface area contributed by atoms with Crippen molar-refractivity contribution in [1.82, 2.24) is 0 Å². The second-order valence-corrected chi connectivity index (χ2v) is 4.11. The van der Waals surface area contributed by atoms with Gasteiger partial charge in [-0.25, -0.2) is 0 Å². The first kappa shape index (κ1) is 9.91. The van der Waals surface area contributed by atoms with Crippen molar-refractivity contribution in [2.24, 2.45) is 0 Å². The van der Waals surface area contributed by atoms with E-state index in [0.29, 0.717) is 5.75 Å². The van der Waals surface area contributed by atoms with Gasteiger partial charge in [0.05, 0.1) is 0 Å². The molecular formula is C16H12O. The third kappa shape index (κ3) is 1.87. The molecule has 3 rings (SSSR count). The van der Waals surface area contributed by atoms with Crippen LogP contribution in [0.1, 0.15) is 0 Å². The summed E-state index contributed by atoms with van der Waals surface area (Å²) in [7, 11) is 0. The topological polar surface area (TPSA) is 20.2 Å². The third-order valence-corrected chi connectivity index (χ3v) is 2.93. The van der Waals surface area contributed by atoms with Crippen LogP contribution >= 0.6 is 0 Å². The molecule has 3 aromatic rings. The Bertz CT molecular complexity index is 671. The molecule has 0 spiro atoms. The summed E-state index contributed by atoms with van der Waals surface area (Å²) in [6, 6.07) is 21.9. The van der Waals surface area contributed by atoms with Crippen LogP contribution in [0.2, 0.25) is 0 Å². The molecule has 1 N–H and O–H groups in total. The molecule has 82 valence electrons. The molecule has 1 heteroatoms. The molecule has 0 aliphatic rings. The van der Waals surface area contributed by atoms with Gasteiger partial charge in [-0.1, -0.05) is 48.5 Å². The minimum atomic E-state index is 0.302. The molecule has 0 saturated carbocycles. The molecule has 0 amide bonds. The number of hydrogen-bond donors (Lipinski definition) is 1. The van der Waals surface area contributed by atoms with Crippen LogP contribution < -0.4 is 0 Å². The van der Waals surface area contributed by atoms with E-state index in [4.69, 9.17) is 0 Å². The highest BCUT2D eigenvalue weighted by Crippen LogP contribution is 2.26. The Morgan fingerprint density at radius 3 is 2.18 bits per heavy atom. The van der Waals surface area contributed by atoms with Crippen LogP contribution in [0.4, 0.5) is 0 Å². The van der Waals surface area contributed by atoms with E-state index < -0.39 is 0 Å². The summed E-state index contributed by atoms with van der Waals surface area (Å²) in [4.78, 5) is 0. The van der Waals surface area contributed by atoms with Crippen LogP contribution in [0.3, 0.4) is 0 Å². The van der Waals surface area contributed by atoms with E-state index >= 15 is 0 Å². The average molecular weight is 220 g/mol. The SMILES string of the molecule is Oc1cccc(-c2ccc3ccccc3c2)c1. The average Bonchev–Trinajstić information content (AvgIpc) is 2.38. The van der Waals surface area contributed by atoms with Crippen LogP contribution in [-0.2, 0) is 0 Å². The van der Waals surface area contributed by atoms with Gasteiger partial charge in [0.1, 0.15) is 5.75 Å². The Hall–Kier alpha value is -2.28. The van der Waals surface area contributed by atoms with E-state index in [0.717, 1.165) is 11.1 Å². The largest absolute Gasteiger partial charge is 0.508 e. The zero-order valence-corrected chi connectivity index (χ0v) is 9.30. The molecule has 0 heterocycles. The van der Waals surface area contributed by atoms with Crippen LogP contribution in [0.5, 0.6) is 5.75 Å². The van der Waals surface area contributed by atoms with Crippen LogP contribution in [0, 0.1) is 0 Å². The van der Waals surface area contributed by atoms with Crippen molar-refractivity contribution >= 4 is 10.8 Å². The molecule has 1 nitrogen and oxygen atoms in total. The maximum atomic E-state index is 9.49. The second-order valence-electron chi connectivity index (χ2n) is 4.11. The minimum Gasteiger partial charge on any atom is -0.508 e. The first-order valence-electron chi connectivity index (χ1n) is 5.61. The van der Waals surface area contributed by atoms with Gasteiger partial charge in [-0.05, 0) is 40.1 Å². The molecule has 0 aromatic heterocycles. The van der Waals surface area contributed by atoms with Gasteiger partial charge in [-0.2, -0.15) is 0 Å². The Kier molecular flexibility index (Phi) is 2.30. The van der Waals surface area contributed by atoms with Gasteiger partial charge in [0.25, 0.3) is 0 Å². The van der Waals surface area contributed by atoms with Gasteiger partial charge in [0.15, 0.2) is 0 Å². The van der Waals surface area contributed by atoms with Crippen molar-refractivity contribution in [3.63, 3.8) is 0 Å². The summed E-state index contributed by atoms with van der Waals surface area (Å²) in [5.41, 5.74) is 2.16. The van der Waals surface area contributed by atoms with Crippen LogP contribution in [0.25, 0.3) is 21.9 Å². The summed E-state index contributed by atoms with van der Waals surface area (Å²) in [5, 5.41) is 11.9. The van der Waals surface area contributed by atoms with E-state index in [-0.39, 0.29) is 0 Å². The molecular weight excluding hydrogens is 208 g/mol. The highest BCUT2D eigenvalue weighted by Gasteiger charge is 2.00. The number of phenolic OH excluding ortho intramolecular Hbond substituents is 1. The number of benzene rings is 3. The molecule has 0 atom stereocenters. The highest BCUT2D eigenvalue weighted by molar-refractivity contribution is 5.87. The maximum absolute atomic E-state index is 9.49.